The van der Waals surface area contributed by atoms with Gasteiger partial charge in [-0.1, -0.05) is 200 Å². The van der Waals surface area contributed by atoms with Gasteiger partial charge >= 0.3 is 0 Å². The predicted octanol–water partition coefficient (Wildman–Crippen LogP) is 7.49. The van der Waals surface area contributed by atoms with Gasteiger partial charge in [0.25, 0.3) is 0 Å². The molecule has 12 N–H and O–H groups in total. The molecule has 3 aliphatic rings. The summed E-state index contributed by atoms with van der Waals surface area (Å²) < 4.78 is 34.1. The van der Waals surface area contributed by atoms with Crippen molar-refractivity contribution in [1.82, 2.24) is 5.32 Å². The number of ether oxygens (including phenoxy) is 6. The minimum atomic E-state index is -1.98. The molecule has 3 heterocycles. The average molecular weight is 1230 g/mol. The Balaban J connectivity index is 1.29. The van der Waals surface area contributed by atoms with Gasteiger partial charge in [-0.05, 0) is 83.5 Å². The lowest BCUT2D eigenvalue weighted by Gasteiger charge is -2.48. The van der Waals surface area contributed by atoms with Gasteiger partial charge in [-0.3, -0.25) is 4.79 Å². The first-order valence-electron chi connectivity index (χ1n) is 32.6. The minimum absolute atomic E-state index is 0.250. The Labute approximate surface area is 519 Å². The van der Waals surface area contributed by atoms with E-state index < -0.39 is 124 Å². The summed E-state index contributed by atoms with van der Waals surface area (Å²) in [5, 5.41) is 120. The van der Waals surface area contributed by atoms with Crippen molar-refractivity contribution in [1.29, 1.82) is 0 Å². The molecule has 0 aliphatic carbocycles. The van der Waals surface area contributed by atoms with Crippen molar-refractivity contribution in [3.05, 3.63) is 109 Å². The van der Waals surface area contributed by atoms with E-state index in [1.165, 1.54) is 25.7 Å². The van der Waals surface area contributed by atoms with E-state index in [9.17, 15) is 61.0 Å². The van der Waals surface area contributed by atoms with Crippen molar-refractivity contribution in [2.45, 2.75) is 285 Å². The molecule has 0 aromatic carbocycles. The first kappa shape index (κ1) is 77.7. The highest BCUT2D eigenvalue weighted by atomic mass is 16.8. The zero-order valence-corrected chi connectivity index (χ0v) is 52.2. The van der Waals surface area contributed by atoms with Crippen LogP contribution in [-0.2, 0) is 33.2 Å². The number of amides is 1. The number of aliphatic hydroxyl groups excluding tert-OH is 11. The van der Waals surface area contributed by atoms with E-state index in [0.29, 0.717) is 19.3 Å². The molecule has 87 heavy (non-hydrogen) atoms. The fraction of sp³-hybridized carbons (Fsp3) is 0.721. The van der Waals surface area contributed by atoms with Crippen molar-refractivity contribution < 1.29 is 89.4 Å². The maximum atomic E-state index is 13.3. The lowest BCUT2D eigenvalue weighted by atomic mass is 9.96. The van der Waals surface area contributed by atoms with Crippen molar-refractivity contribution in [3.63, 3.8) is 0 Å². The van der Waals surface area contributed by atoms with Crippen LogP contribution in [0.5, 0.6) is 0 Å². The SMILES string of the molecule is CC/C=C\C/C=C\C/C=C\C/C=C\C/C=C\C/C=C\C/C=C\C/C=C\C/C=C\CCCCCCCCCCCC(=O)NC(COC1OC(CO)C(OC2OC(CO)C(OC3OC(CO)C(O)C(O)C3O)C(O)C2O)C(O)C1O)C(O)CCCCCCC. The lowest BCUT2D eigenvalue weighted by Crippen LogP contribution is -2.66. The molecule has 3 saturated heterocycles. The molecule has 19 heteroatoms. The number of allylic oxidation sites excluding steroid dienone is 18. The zero-order valence-electron chi connectivity index (χ0n) is 52.2. The second-order valence-corrected chi connectivity index (χ2v) is 22.8. The second-order valence-electron chi connectivity index (χ2n) is 22.8. The molecule has 0 spiro atoms. The number of unbranched alkanes of at least 4 members (excludes halogenated alkanes) is 13. The second kappa shape index (κ2) is 49.2. The van der Waals surface area contributed by atoms with Crippen LogP contribution in [0.4, 0.5) is 0 Å². The Bertz CT molecular complexity index is 2000. The van der Waals surface area contributed by atoms with Crippen molar-refractivity contribution in [2.24, 2.45) is 0 Å². The number of carbonyl (C=O) groups is 1. The molecule has 0 aromatic rings. The Morgan fingerprint density at radius 2 is 0.793 bits per heavy atom. The van der Waals surface area contributed by atoms with E-state index in [0.717, 1.165) is 116 Å². The monoisotopic (exact) mass is 1230 g/mol. The Morgan fingerprint density at radius 1 is 0.425 bits per heavy atom. The average Bonchev–Trinajstić information content (AvgIpc) is 2.33. The van der Waals surface area contributed by atoms with Gasteiger partial charge in [-0.2, -0.15) is 0 Å². The topological polar surface area (TPSA) is 307 Å². The third-order valence-corrected chi connectivity index (χ3v) is 15.6. The molecule has 3 fully saturated rings. The van der Waals surface area contributed by atoms with Gasteiger partial charge in [-0.15, -0.1) is 0 Å². The molecule has 498 valence electrons. The maximum absolute atomic E-state index is 13.3. The van der Waals surface area contributed by atoms with Gasteiger partial charge in [0.05, 0.1) is 38.6 Å². The van der Waals surface area contributed by atoms with Gasteiger partial charge in [0.1, 0.15) is 73.2 Å². The standard InChI is InChI=1S/C68H113NO18/c1-3-5-7-9-10-11-12-13-14-15-16-17-18-19-20-21-22-23-24-25-26-27-28-29-30-31-32-33-34-35-36-37-38-39-40-42-44-46-56(74)69-51(52(73)45-43-41-8-6-4-2)50-82-66-62(80)59(77)64(54(48-71)84-66)87-68-63(81)60(78)65(55(49-72)85-68)86-67-61(79)58(76)57(75)53(47-70)83-67/h5,7,10-11,13-14,16-17,19-20,22-23,25-26,28-29,31-32,51-55,57-68,70-73,75-81H,3-4,6,8-9,12,15,18,21,24,27,30,33-50H2,1-2H3,(H,69,74)/b7-5-,11-10-,14-13-,17-16-,20-19-,23-22-,26-25-,29-28-,32-31-. The summed E-state index contributed by atoms with van der Waals surface area (Å²) in [4.78, 5) is 13.3. The van der Waals surface area contributed by atoms with Crippen molar-refractivity contribution in [2.75, 3.05) is 26.4 Å². The number of rotatable bonds is 47. The highest BCUT2D eigenvalue weighted by Gasteiger charge is 2.53. The maximum Gasteiger partial charge on any atom is 0.220 e. The molecule has 0 radical (unpaired) electrons. The molecule has 3 aliphatic heterocycles. The molecule has 17 atom stereocenters. The number of hydrogen-bond donors (Lipinski definition) is 12. The first-order chi connectivity index (χ1) is 42.3. The molecule has 19 nitrogen and oxygen atoms in total. The summed E-state index contributed by atoms with van der Waals surface area (Å²) in [6.45, 7) is 1.53. The molecule has 0 bridgehead atoms. The Morgan fingerprint density at radius 3 is 1.24 bits per heavy atom. The summed E-state index contributed by atoms with van der Waals surface area (Å²) in [6, 6.07) is -0.894. The van der Waals surface area contributed by atoms with Gasteiger partial charge in [-0.25, -0.2) is 0 Å². The van der Waals surface area contributed by atoms with E-state index in [1.807, 2.05) is 0 Å². The number of carbonyl (C=O) groups excluding carboxylic acids is 1. The summed E-state index contributed by atoms with van der Waals surface area (Å²) in [5.41, 5.74) is 0. The van der Waals surface area contributed by atoms with Crippen LogP contribution in [0.3, 0.4) is 0 Å². The Kier molecular flexibility index (Phi) is 43.9. The predicted molar refractivity (Wildman–Crippen MR) is 337 cm³/mol. The van der Waals surface area contributed by atoms with Crippen LogP contribution in [0.2, 0.25) is 0 Å². The molecule has 0 aromatic heterocycles. The van der Waals surface area contributed by atoms with Crippen LogP contribution in [0.1, 0.15) is 181 Å². The van der Waals surface area contributed by atoms with Crippen molar-refractivity contribution in [3.8, 4) is 0 Å². The summed E-state index contributed by atoms with van der Waals surface area (Å²) in [6.07, 6.45) is 38.4. The third-order valence-electron chi connectivity index (χ3n) is 15.6. The molecular formula is C68H113NO18. The number of hydrogen-bond acceptors (Lipinski definition) is 18. The smallest absolute Gasteiger partial charge is 0.220 e. The van der Waals surface area contributed by atoms with Gasteiger partial charge in [0.15, 0.2) is 18.9 Å². The van der Waals surface area contributed by atoms with Crippen LogP contribution < -0.4 is 5.32 Å². The van der Waals surface area contributed by atoms with Crippen LogP contribution >= 0.6 is 0 Å². The normalized spacial score (nSPS) is 29.3. The zero-order chi connectivity index (χ0) is 63.3. The van der Waals surface area contributed by atoms with Crippen LogP contribution in [0.15, 0.2) is 109 Å². The largest absolute Gasteiger partial charge is 0.394 e. The van der Waals surface area contributed by atoms with Gasteiger partial charge in [0, 0.05) is 6.42 Å². The minimum Gasteiger partial charge on any atom is -0.394 e. The van der Waals surface area contributed by atoms with Crippen molar-refractivity contribution >= 4 is 5.91 Å². The molecule has 3 rings (SSSR count). The third kappa shape index (κ3) is 31.8. The van der Waals surface area contributed by atoms with E-state index in [4.69, 9.17) is 28.4 Å². The molecule has 17 unspecified atom stereocenters. The number of nitrogens with one attached hydrogen (secondary N) is 1. The van der Waals surface area contributed by atoms with E-state index in [-0.39, 0.29) is 18.9 Å². The van der Waals surface area contributed by atoms with E-state index >= 15 is 0 Å². The van der Waals surface area contributed by atoms with Crippen LogP contribution in [0.25, 0.3) is 0 Å². The summed E-state index contributed by atoms with van der Waals surface area (Å²) >= 11 is 0. The molecule has 0 saturated carbocycles. The highest BCUT2D eigenvalue weighted by Crippen LogP contribution is 2.33. The fourth-order valence-electron chi connectivity index (χ4n) is 10.3. The van der Waals surface area contributed by atoms with Crippen LogP contribution in [-0.4, -0.2) is 193 Å². The van der Waals surface area contributed by atoms with E-state index in [1.54, 1.807) is 0 Å². The summed E-state index contributed by atoms with van der Waals surface area (Å²) in [7, 11) is 0. The van der Waals surface area contributed by atoms with Crippen LogP contribution in [0, 0.1) is 0 Å². The molecule has 1 amide bonds. The van der Waals surface area contributed by atoms with E-state index in [2.05, 4.69) is 129 Å². The summed E-state index contributed by atoms with van der Waals surface area (Å²) in [5.74, 6) is -0.263. The Hall–Kier alpha value is -3.55. The highest BCUT2D eigenvalue weighted by molar-refractivity contribution is 5.76. The quantitative estimate of drug-likeness (QED) is 0.0207. The molecular weight excluding hydrogens is 1120 g/mol. The lowest BCUT2D eigenvalue weighted by molar-refractivity contribution is -0.379. The van der Waals surface area contributed by atoms with Gasteiger partial charge < -0.3 is 89.9 Å². The number of aliphatic hydroxyl groups is 11. The first-order valence-corrected chi connectivity index (χ1v) is 32.6. The van der Waals surface area contributed by atoms with Gasteiger partial charge in [0.2, 0.25) is 5.91 Å². The fourth-order valence-corrected chi connectivity index (χ4v) is 10.3.